The molecule has 0 saturated carbocycles. The maximum absolute atomic E-state index is 4.67. The number of anilines is 2. The van der Waals surface area contributed by atoms with Gasteiger partial charge in [0.25, 0.3) is 0 Å². The second-order valence-corrected chi connectivity index (χ2v) is 5.14. The summed E-state index contributed by atoms with van der Waals surface area (Å²) in [6.07, 6.45) is 1.93. The van der Waals surface area contributed by atoms with E-state index in [2.05, 4.69) is 65.2 Å². The Morgan fingerprint density at radius 3 is 2.38 bits per heavy atom. The van der Waals surface area contributed by atoms with Gasteiger partial charge >= 0.3 is 0 Å². The fourth-order valence-corrected chi connectivity index (χ4v) is 2.21. The van der Waals surface area contributed by atoms with E-state index in [1.807, 2.05) is 13.1 Å². The van der Waals surface area contributed by atoms with Gasteiger partial charge in [-0.25, -0.2) is 9.97 Å². The molecule has 1 aromatic heterocycles. The highest BCUT2D eigenvalue weighted by molar-refractivity contribution is 5.57. The summed E-state index contributed by atoms with van der Waals surface area (Å²) in [5, 5.41) is 3.31. The molecule has 1 N–H and O–H groups in total. The Balaban J connectivity index is 2.26. The van der Waals surface area contributed by atoms with Gasteiger partial charge in [-0.3, -0.25) is 0 Å². The molecule has 112 valence electrons. The van der Waals surface area contributed by atoms with Crippen LogP contribution in [-0.2, 0) is 6.54 Å². The Morgan fingerprint density at radius 1 is 1.10 bits per heavy atom. The van der Waals surface area contributed by atoms with Crippen molar-refractivity contribution in [3.63, 3.8) is 0 Å². The summed E-state index contributed by atoms with van der Waals surface area (Å²) in [7, 11) is 0. The summed E-state index contributed by atoms with van der Waals surface area (Å²) in [5.74, 6) is 0.763. The van der Waals surface area contributed by atoms with Crippen molar-refractivity contribution in [2.45, 2.75) is 34.2 Å². The molecule has 0 bridgehead atoms. The highest BCUT2D eigenvalue weighted by atomic mass is 15.2. The van der Waals surface area contributed by atoms with Crippen molar-refractivity contribution in [3.8, 4) is 0 Å². The predicted molar refractivity (Wildman–Crippen MR) is 88.0 cm³/mol. The van der Waals surface area contributed by atoms with Crippen LogP contribution in [0.15, 0.2) is 30.5 Å². The van der Waals surface area contributed by atoms with Crippen LogP contribution in [0.25, 0.3) is 0 Å². The van der Waals surface area contributed by atoms with Crippen LogP contribution in [0, 0.1) is 13.8 Å². The van der Waals surface area contributed by atoms with Crippen LogP contribution in [0.2, 0.25) is 0 Å². The van der Waals surface area contributed by atoms with Crippen molar-refractivity contribution in [2.75, 3.05) is 18.0 Å². The van der Waals surface area contributed by atoms with Crippen LogP contribution in [-0.4, -0.2) is 23.1 Å². The second kappa shape index (κ2) is 7.18. The number of nitrogens with one attached hydrogen (secondary N) is 1. The molecule has 1 aromatic carbocycles. The number of benzene rings is 1. The average Bonchev–Trinajstić information content (AvgIpc) is 2.49. The van der Waals surface area contributed by atoms with E-state index >= 15 is 0 Å². The minimum absolute atomic E-state index is 0.763. The first-order chi connectivity index (χ1) is 10.2. The van der Waals surface area contributed by atoms with Crippen LogP contribution in [0.4, 0.5) is 11.6 Å². The molecule has 2 aromatic rings. The molecule has 0 aliphatic heterocycles. The zero-order valence-corrected chi connectivity index (χ0v) is 13.3. The van der Waals surface area contributed by atoms with Crippen LogP contribution in [0.1, 0.15) is 30.7 Å². The van der Waals surface area contributed by atoms with E-state index in [1.165, 1.54) is 5.56 Å². The maximum atomic E-state index is 4.67. The zero-order chi connectivity index (χ0) is 15.2. The van der Waals surface area contributed by atoms with Crippen LogP contribution >= 0.6 is 0 Å². The predicted octanol–water partition coefficient (Wildman–Crippen LogP) is 3.36. The average molecular weight is 284 g/mol. The van der Waals surface area contributed by atoms with Gasteiger partial charge < -0.3 is 10.2 Å². The summed E-state index contributed by atoms with van der Waals surface area (Å²) in [4.78, 5) is 11.3. The molecule has 0 aliphatic carbocycles. The van der Waals surface area contributed by atoms with Gasteiger partial charge in [-0.05, 0) is 39.4 Å². The third-order valence-electron chi connectivity index (χ3n) is 3.54. The number of aromatic nitrogens is 2. The molecule has 0 spiro atoms. The van der Waals surface area contributed by atoms with Crippen molar-refractivity contribution in [2.24, 2.45) is 0 Å². The lowest BCUT2D eigenvalue weighted by Gasteiger charge is -2.22. The number of rotatable bonds is 6. The lowest BCUT2D eigenvalue weighted by Crippen LogP contribution is -2.20. The van der Waals surface area contributed by atoms with Crippen LogP contribution in [0.3, 0.4) is 0 Å². The second-order valence-electron chi connectivity index (χ2n) is 5.14. The third-order valence-corrected chi connectivity index (χ3v) is 3.54. The molecular weight excluding hydrogens is 260 g/mol. The van der Waals surface area contributed by atoms with Gasteiger partial charge in [0.15, 0.2) is 0 Å². The molecule has 1 heterocycles. The lowest BCUT2D eigenvalue weighted by molar-refractivity contribution is 0.715. The first kappa shape index (κ1) is 15.4. The fourth-order valence-electron chi connectivity index (χ4n) is 2.21. The molecule has 0 fully saturated rings. The summed E-state index contributed by atoms with van der Waals surface area (Å²) < 4.78 is 0. The van der Waals surface area contributed by atoms with E-state index in [4.69, 9.17) is 0 Å². The van der Waals surface area contributed by atoms with Gasteiger partial charge in [-0.15, -0.1) is 0 Å². The fraction of sp³-hybridized carbons (Fsp3) is 0.412. The van der Waals surface area contributed by atoms with Gasteiger partial charge in [-0.2, -0.15) is 0 Å². The Labute approximate surface area is 127 Å². The topological polar surface area (TPSA) is 41.1 Å². The zero-order valence-electron chi connectivity index (χ0n) is 13.3. The van der Waals surface area contributed by atoms with E-state index < -0.39 is 0 Å². The van der Waals surface area contributed by atoms with E-state index in [-0.39, 0.29) is 0 Å². The monoisotopic (exact) mass is 284 g/mol. The number of hydrogen-bond donors (Lipinski definition) is 1. The summed E-state index contributed by atoms with van der Waals surface area (Å²) in [6, 6.07) is 8.46. The largest absolute Gasteiger partial charge is 0.313 e. The Bertz CT molecular complexity index is 578. The molecular formula is C17H24N4. The van der Waals surface area contributed by atoms with E-state index in [0.29, 0.717) is 0 Å². The molecule has 0 aliphatic rings. The van der Waals surface area contributed by atoms with Crippen LogP contribution in [0.5, 0.6) is 0 Å². The lowest BCUT2D eigenvalue weighted by atomic mass is 10.2. The Hall–Kier alpha value is -1.94. The maximum Gasteiger partial charge on any atom is 0.230 e. The first-order valence-electron chi connectivity index (χ1n) is 7.53. The Kier molecular flexibility index (Phi) is 5.28. The van der Waals surface area contributed by atoms with Crippen molar-refractivity contribution < 1.29 is 0 Å². The van der Waals surface area contributed by atoms with E-state index in [0.717, 1.165) is 42.5 Å². The highest BCUT2D eigenvalue weighted by Crippen LogP contribution is 2.22. The van der Waals surface area contributed by atoms with Crippen molar-refractivity contribution in [1.29, 1.82) is 0 Å². The van der Waals surface area contributed by atoms with E-state index in [9.17, 15) is 0 Å². The van der Waals surface area contributed by atoms with Gasteiger partial charge in [0.1, 0.15) is 0 Å². The molecule has 0 amide bonds. The van der Waals surface area contributed by atoms with Crippen molar-refractivity contribution in [1.82, 2.24) is 15.3 Å². The quantitative estimate of drug-likeness (QED) is 0.883. The molecule has 2 rings (SSSR count). The standard InChI is InChI=1S/C17H24N4/c1-5-18-11-15-12-19-17(20-14(15)4)21(6-2)16-9-7-13(3)8-10-16/h7-10,12,18H,5-6,11H2,1-4H3. The summed E-state index contributed by atoms with van der Waals surface area (Å²) >= 11 is 0. The number of hydrogen-bond acceptors (Lipinski definition) is 4. The Morgan fingerprint density at radius 2 is 1.81 bits per heavy atom. The van der Waals surface area contributed by atoms with E-state index in [1.54, 1.807) is 0 Å². The molecule has 4 heteroatoms. The molecule has 21 heavy (non-hydrogen) atoms. The van der Waals surface area contributed by atoms with Gasteiger partial charge in [0.05, 0.1) is 0 Å². The first-order valence-corrected chi connectivity index (χ1v) is 7.53. The summed E-state index contributed by atoms with van der Waals surface area (Å²) in [5.41, 5.74) is 4.57. The normalized spacial score (nSPS) is 10.7. The third kappa shape index (κ3) is 3.79. The van der Waals surface area contributed by atoms with Crippen molar-refractivity contribution >= 4 is 11.6 Å². The molecule has 4 nitrogen and oxygen atoms in total. The summed E-state index contributed by atoms with van der Waals surface area (Å²) in [6.45, 7) is 11.0. The SMILES string of the molecule is CCNCc1cnc(N(CC)c2ccc(C)cc2)nc1C. The number of aryl methyl sites for hydroxylation is 2. The molecule has 0 saturated heterocycles. The minimum atomic E-state index is 0.763. The van der Waals surface area contributed by atoms with Crippen molar-refractivity contribution in [3.05, 3.63) is 47.3 Å². The van der Waals surface area contributed by atoms with Crippen LogP contribution < -0.4 is 10.2 Å². The highest BCUT2D eigenvalue weighted by Gasteiger charge is 2.11. The smallest absolute Gasteiger partial charge is 0.230 e. The van der Waals surface area contributed by atoms with Gasteiger partial charge in [0, 0.05) is 36.2 Å². The van der Waals surface area contributed by atoms with Gasteiger partial charge in [-0.1, -0.05) is 24.6 Å². The van der Waals surface area contributed by atoms with Gasteiger partial charge in [0.2, 0.25) is 5.95 Å². The molecule has 0 atom stereocenters. The molecule has 0 unspecified atom stereocenters. The minimum Gasteiger partial charge on any atom is -0.313 e. The molecule has 0 radical (unpaired) electrons. The number of nitrogens with zero attached hydrogens (tertiary/aromatic N) is 3.